The van der Waals surface area contributed by atoms with E-state index in [2.05, 4.69) is 0 Å². The molecule has 0 saturated heterocycles. The topological polar surface area (TPSA) is 137 Å². The van der Waals surface area contributed by atoms with Crippen molar-refractivity contribution in [2.75, 3.05) is 0 Å². The Bertz CT molecular complexity index is 2120. The van der Waals surface area contributed by atoms with Crippen LogP contribution in [0.1, 0.15) is 5.56 Å². The predicted molar refractivity (Wildman–Crippen MR) is 180 cm³/mol. The Morgan fingerprint density at radius 3 is 1.48 bits per heavy atom. The molecule has 0 bridgehead atoms. The van der Waals surface area contributed by atoms with Crippen molar-refractivity contribution in [1.82, 2.24) is 0 Å². The Morgan fingerprint density at radius 1 is 0.587 bits per heavy atom. The van der Waals surface area contributed by atoms with Crippen LogP contribution in [-0.4, -0.2) is 33.7 Å². The minimum Gasteiger partial charge on any atom is -0.207 e. The van der Waals surface area contributed by atoms with E-state index in [0.717, 1.165) is 35.6 Å². The third-order valence-electron chi connectivity index (χ3n) is 4.55. The van der Waals surface area contributed by atoms with Crippen molar-refractivity contribution in [3.05, 3.63) is 103 Å². The highest BCUT2D eigenvalue weighted by Crippen LogP contribution is 2.29. The van der Waals surface area contributed by atoms with Crippen molar-refractivity contribution in [1.29, 1.82) is 0 Å². The van der Waals surface area contributed by atoms with Crippen LogP contribution in [0, 0.1) is 18.6 Å². The fourth-order valence-electron chi connectivity index (χ4n) is 2.65. The van der Waals surface area contributed by atoms with Crippen LogP contribution >= 0.6 is 100 Å². The van der Waals surface area contributed by atoms with Crippen LogP contribution in [0.4, 0.5) is 8.78 Å². The van der Waals surface area contributed by atoms with Crippen LogP contribution in [-0.2, 0) is 36.2 Å². The lowest BCUT2D eigenvalue weighted by Gasteiger charge is -2.02. The van der Waals surface area contributed by atoms with Crippen molar-refractivity contribution < 1.29 is 42.5 Å². The van der Waals surface area contributed by atoms with E-state index >= 15 is 0 Å². The Balaban J connectivity index is 0.000000307. The van der Waals surface area contributed by atoms with Crippen LogP contribution in [0.15, 0.2) is 85.6 Å². The first kappa shape index (κ1) is 43.4. The molecule has 1 aromatic heterocycles. The molecule has 46 heavy (non-hydrogen) atoms. The highest BCUT2D eigenvalue weighted by atomic mass is 35.7. The van der Waals surface area contributed by atoms with Gasteiger partial charge in [-0.15, -0.1) is 11.3 Å². The van der Waals surface area contributed by atoms with Gasteiger partial charge >= 0.3 is 0 Å². The smallest absolute Gasteiger partial charge is 0.207 e. The Kier molecular flexibility index (Phi) is 16.8. The van der Waals surface area contributed by atoms with Gasteiger partial charge < -0.3 is 0 Å². The zero-order valence-corrected chi connectivity index (χ0v) is 32.1. The van der Waals surface area contributed by atoms with E-state index in [9.17, 15) is 42.5 Å². The number of halogens is 10. The minimum atomic E-state index is -4.04. The van der Waals surface area contributed by atoms with Crippen LogP contribution in [0.2, 0.25) is 19.4 Å². The van der Waals surface area contributed by atoms with E-state index in [-0.39, 0.29) is 29.1 Å². The fourth-order valence-corrected chi connectivity index (χ4v) is 9.09. The molecular weight excluding hydrogens is 886 g/mol. The number of benzene rings is 3. The maximum absolute atomic E-state index is 12.9. The van der Waals surface area contributed by atoms with Gasteiger partial charge in [0.2, 0.25) is 0 Å². The van der Waals surface area contributed by atoms with E-state index in [1.165, 1.54) is 30.3 Å². The minimum absolute atomic E-state index is 0.00617. The lowest BCUT2D eigenvalue weighted by Crippen LogP contribution is -1.95. The highest BCUT2D eigenvalue weighted by molar-refractivity contribution is 8.15. The second-order valence-corrected chi connectivity index (χ2v) is 21.2. The summed E-state index contributed by atoms with van der Waals surface area (Å²) in [6.45, 7) is 1.64. The molecule has 3 aromatic carbocycles. The van der Waals surface area contributed by atoms with E-state index < -0.39 is 52.7 Å². The molecule has 0 aliphatic carbocycles. The maximum Gasteiger partial charge on any atom is 0.270 e. The first-order valence-electron chi connectivity index (χ1n) is 10.9. The molecule has 23 heteroatoms. The average Bonchev–Trinajstić information content (AvgIpc) is 3.33. The molecule has 8 nitrogen and oxygen atoms in total. The molecule has 0 amide bonds. The van der Waals surface area contributed by atoms with Crippen LogP contribution in [0.25, 0.3) is 0 Å². The van der Waals surface area contributed by atoms with Crippen molar-refractivity contribution in [3.63, 3.8) is 0 Å². The normalized spacial score (nSPS) is 11.6. The summed E-state index contributed by atoms with van der Waals surface area (Å²) in [5.41, 5.74) is 0.553. The summed E-state index contributed by atoms with van der Waals surface area (Å²) in [6, 6.07) is 14.2. The maximum atomic E-state index is 12.9. The molecule has 0 radical (unpaired) electrons. The summed E-state index contributed by atoms with van der Waals surface area (Å²) in [5.74, 6) is -1.70. The molecule has 0 aliphatic rings. The first-order chi connectivity index (χ1) is 20.8. The number of rotatable bonds is 4. The summed E-state index contributed by atoms with van der Waals surface area (Å²) in [6.07, 6.45) is 0. The van der Waals surface area contributed by atoms with Gasteiger partial charge in [0.15, 0.2) is 5.82 Å². The molecule has 0 spiro atoms. The predicted octanol–water partition coefficient (Wildman–Crippen LogP) is 9.72. The summed E-state index contributed by atoms with van der Waals surface area (Å²) < 4.78 is 112. The molecule has 0 saturated carbocycles. The van der Waals surface area contributed by atoms with Gasteiger partial charge in [-0.25, -0.2) is 42.5 Å². The number of hydrogen-bond donors (Lipinski definition) is 0. The standard InChI is InChI=1S/C7H6Cl2O2S.2C6H3Cl2FO2S.C4H2Cl2O2S2/c1-5-3-2-4-6(8)7(5)12(9,10)11;7-5-3-4(12(8,10)11)1-2-6(5)9;7-4-2-1-3-5(6(4)9)12(8,10)11;5-3-1-2-4(9-3)10(6,7)8/h2-4H,1H3;2*1-3H;1-2H. The third-order valence-corrected chi connectivity index (χ3v) is 13.1. The number of aryl methyl sites for hydroxylation is 1. The van der Waals surface area contributed by atoms with Gasteiger partial charge in [-0.05, 0) is 61.0 Å². The molecule has 0 N–H and O–H groups in total. The second kappa shape index (κ2) is 17.8. The van der Waals surface area contributed by atoms with Gasteiger partial charge in [-0.2, -0.15) is 0 Å². The van der Waals surface area contributed by atoms with Crippen molar-refractivity contribution in [3.8, 4) is 0 Å². The molecule has 0 unspecified atom stereocenters. The van der Waals surface area contributed by atoms with Gasteiger partial charge in [0.1, 0.15) is 19.8 Å². The Hall–Kier alpha value is -0.660. The lowest BCUT2D eigenvalue weighted by atomic mass is 10.2. The van der Waals surface area contributed by atoms with E-state index in [0.29, 0.717) is 9.90 Å². The van der Waals surface area contributed by atoms with Crippen molar-refractivity contribution >= 4 is 137 Å². The van der Waals surface area contributed by atoms with Crippen LogP contribution < -0.4 is 0 Å². The van der Waals surface area contributed by atoms with E-state index in [1.54, 1.807) is 19.1 Å². The molecule has 254 valence electrons. The molecule has 4 rings (SSSR count). The van der Waals surface area contributed by atoms with Crippen LogP contribution in [0.5, 0.6) is 0 Å². The van der Waals surface area contributed by atoms with E-state index in [4.69, 9.17) is 89.1 Å². The fraction of sp³-hybridized carbons (Fsp3) is 0.0435. The second-order valence-electron chi connectivity index (χ2n) is 7.82. The number of hydrogen-bond acceptors (Lipinski definition) is 9. The molecule has 1 heterocycles. The first-order valence-corrected chi connectivity index (χ1v) is 22.5. The van der Waals surface area contributed by atoms with Gasteiger partial charge in [0, 0.05) is 42.7 Å². The quantitative estimate of drug-likeness (QED) is 0.185. The average molecular weight is 900 g/mol. The summed E-state index contributed by atoms with van der Waals surface area (Å²) in [7, 11) is 4.87. The van der Waals surface area contributed by atoms with Gasteiger partial charge in [0.25, 0.3) is 36.2 Å². The summed E-state index contributed by atoms with van der Waals surface area (Å²) >= 11 is 22.7. The molecule has 0 aliphatic heterocycles. The summed E-state index contributed by atoms with van der Waals surface area (Å²) in [4.78, 5) is -0.819. The van der Waals surface area contributed by atoms with Gasteiger partial charge in [-0.1, -0.05) is 64.6 Å². The Morgan fingerprint density at radius 2 is 1.13 bits per heavy atom. The molecule has 0 fully saturated rings. The van der Waals surface area contributed by atoms with Crippen molar-refractivity contribution in [2.45, 2.75) is 25.8 Å². The zero-order chi connectivity index (χ0) is 35.8. The Labute approximate surface area is 305 Å². The monoisotopic (exact) mass is 896 g/mol. The van der Waals surface area contributed by atoms with Gasteiger partial charge in [0.05, 0.1) is 24.3 Å². The van der Waals surface area contributed by atoms with Crippen molar-refractivity contribution in [2.24, 2.45) is 0 Å². The highest BCUT2D eigenvalue weighted by Gasteiger charge is 2.18. The molecule has 4 aromatic rings. The van der Waals surface area contributed by atoms with E-state index in [1.807, 2.05) is 0 Å². The number of thiophene rings is 1. The molecule has 0 atom stereocenters. The SMILES string of the molecule is Cc1cccc(Cl)c1S(=O)(=O)Cl.O=S(=O)(Cl)c1ccc(Cl)s1.O=S(=O)(Cl)c1ccc(F)c(Cl)c1.O=S(=O)(Cl)c1cccc(Cl)c1F. The zero-order valence-electron chi connectivity index (χ0n) is 21.9. The van der Waals surface area contributed by atoms with Crippen LogP contribution in [0.3, 0.4) is 0 Å². The largest absolute Gasteiger partial charge is 0.270 e. The summed E-state index contributed by atoms with van der Waals surface area (Å²) in [5, 5.41) is -0.376. The third kappa shape index (κ3) is 14.4. The van der Waals surface area contributed by atoms with Gasteiger partial charge in [-0.3, -0.25) is 0 Å². The lowest BCUT2D eigenvalue weighted by molar-refractivity contribution is 0.575. The molecular formula is C23H14Cl8F2O8S5.